The summed E-state index contributed by atoms with van der Waals surface area (Å²) in [6, 6.07) is 28.3. The minimum atomic E-state index is -0.241. The molecule has 1 N–H and O–H groups in total. The second-order valence-corrected chi connectivity index (χ2v) is 8.60. The van der Waals surface area contributed by atoms with Crippen molar-refractivity contribution in [1.29, 1.82) is 0 Å². The zero-order valence-electron chi connectivity index (χ0n) is 19.3. The molecule has 0 spiro atoms. The third-order valence-electron chi connectivity index (χ3n) is 5.83. The van der Waals surface area contributed by atoms with E-state index in [0.717, 1.165) is 22.4 Å². The van der Waals surface area contributed by atoms with Gasteiger partial charge in [-0.3, -0.25) is 4.79 Å². The molecule has 174 valence electrons. The maximum absolute atomic E-state index is 13.5. The van der Waals surface area contributed by atoms with Crippen LogP contribution in [0.5, 0.6) is 5.75 Å². The second kappa shape index (κ2) is 9.60. The Labute approximate surface area is 208 Å². The molecule has 0 aliphatic heterocycles. The van der Waals surface area contributed by atoms with E-state index in [4.69, 9.17) is 26.4 Å². The third-order valence-corrected chi connectivity index (χ3v) is 6.08. The lowest BCUT2D eigenvalue weighted by Crippen LogP contribution is -2.28. The van der Waals surface area contributed by atoms with E-state index in [2.05, 4.69) is 5.32 Å². The van der Waals surface area contributed by atoms with E-state index in [1.165, 1.54) is 0 Å². The number of rotatable bonds is 6. The number of carbonyl (C=O) groups is 1. The fourth-order valence-electron chi connectivity index (χ4n) is 3.90. The van der Waals surface area contributed by atoms with Crippen LogP contribution in [-0.2, 0) is 0 Å². The number of nitrogens with zero attached hydrogens (tertiary/aromatic N) is 3. The molecular weight excluding hydrogens is 460 g/mol. The predicted molar refractivity (Wildman–Crippen MR) is 138 cm³/mol. The van der Waals surface area contributed by atoms with Gasteiger partial charge in [0.05, 0.1) is 24.5 Å². The van der Waals surface area contributed by atoms with E-state index >= 15 is 0 Å². The molecule has 0 saturated heterocycles. The number of fused-ring (bicyclic) bond motifs is 1. The average molecular weight is 483 g/mol. The lowest BCUT2D eigenvalue weighted by Gasteiger charge is -2.15. The Morgan fingerprint density at radius 2 is 1.57 bits per heavy atom. The monoisotopic (exact) mass is 482 g/mol. The van der Waals surface area contributed by atoms with Gasteiger partial charge in [0.15, 0.2) is 5.65 Å². The summed E-state index contributed by atoms with van der Waals surface area (Å²) in [6.07, 6.45) is 0. The summed E-state index contributed by atoms with van der Waals surface area (Å²) in [5.74, 6) is 0.508. The van der Waals surface area contributed by atoms with Gasteiger partial charge >= 0.3 is 0 Å². The molecular formula is C28H23ClN4O2. The normalized spacial score (nSPS) is 11.9. The molecule has 3 aromatic carbocycles. The highest BCUT2D eigenvalue weighted by Gasteiger charge is 2.19. The molecule has 6 nitrogen and oxygen atoms in total. The number of benzene rings is 3. The maximum atomic E-state index is 13.5. The summed E-state index contributed by atoms with van der Waals surface area (Å²) in [4.78, 5) is 18.3. The van der Waals surface area contributed by atoms with Crippen molar-refractivity contribution in [3.8, 4) is 28.3 Å². The van der Waals surface area contributed by atoms with Crippen LogP contribution in [0.25, 0.3) is 28.2 Å². The van der Waals surface area contributed by atoms with Gasteiger partial charge in [-0.2, -0.15) is 5.10 Å². The van der Waals surface area contributed by atoms with Gasteiger partial charge in [-0.15, -0.1) is 0 Å². The molecule has 0 fully saturated rings. The number of carbonyl (C=O) groups excluding carboxylic acids is 1. The van der Waals surface area contributed by atoms with Crippen molar-refractivity contribution in [2.45, 2.75) is 13.0 Å². The summed E-state index contributed by atoms with van der Waals surface area (Å²) < 4.78 is 6.86. The van der Waals surface area contributed by atoms with Crippen molar-refractivity contribution in [2.24, 2.45) is 0 Å². The van der Waals surface area contributed by atoms with E-state index in [-0.39, 0.29) is 11.9 Å². The first-order valence-corrected chi connectivity index (χ1v) is 11.6. The van der Waals surface area contributed by atoms with E-state index in [1.54, 1.807) is 17.7 Å². The predicted octanol–water partition coefficient (Wildman–Crippen LogP) is 6.22. The number of methoxy groups -OCH3 is 1. The van der Waals surface area contributed by atoms with Gasteiger partial charge in [-0.05, 0) is 55.0 Å². The summed E-state index contributed by atoms with van der Waals surface area (Å²) in [7, 11) is 1.63. The van der Waals surface area contributed by atoms with E-state index in [0.29, 0.717) is 27.8 Å². The van der Waals surface area contributed by atoms with Crippen molar-refractivity contribution < 1.29 is 9.53 Å². The Balaban J connectivity index is 1.59. The highest BCUT2D eigenvalue weighted by molar-refractivity contribution is 6.30. The van der Waals surface area contributed by atoms with Crippen LogP contribution < -0.4 is 10.1 Å². The molecule has 0 radical (unpaired) electrons. The largest absolute Gasteiger partial charge is 0.497 e. The zero-order chi connectivity index (χ0) is 24.4. The summed E-state index contributed by atoms with van der Waals surface area (Å²) in [5, 5.41) is 8.44. The molecule has 0 aliphatic rings. The molecule has 2 aromatic heterocycles. The molecule has 2 heterocycles. The smallest absolute Gasteiger partial charge is 0.270 e. The first-order valence-electron chi connectivity index (χ1n) is 11.2. The number of halogens is 1. The highest BCUT2D eigenvalue weighted by atomic mass is 35.5. The molecule has 0 saturated carbocycles. The van der Waals surface area contributed by atoms with Crippen LogP contribution in [-0.4, -0.2) is 27.6 Å². The van der Waals surface area contributed by atoms with E-state index in [9.17, 15) is 4.79 Å². The van der Waals surface area contributed by atoms with E-state index in [1.807, 2.05) is 91.9 Å². The number of ether oxygens (including phenoxy) is 1. The van der Waals surface area contributed by atoms with Crippen molar-refractivity contribution in [1.82, 2.24) is 19.9 Å². The summed E-state index contributed by atoms with van der Waals surface area (Å²) >= 11 is 6.05. The first-order chi connectivity index (χ1) is 17.0. The Morgan fingerprint density at radius 1 is 0.914 bits per heavy atom. The van der Waals surface area contributed by atoms with Gasteiger partial charge < -0.3 is 10.1 Å². The van der Waals surface area contributed by atoms with Gasteiger partial charge in [-0.1, -0.05) is 54.1 Å². The number of nitrogens with one attached hydrogen (secondary N) is 1. The number of amides is 1. The molecule has 7 heteroatoms. The van der Waals surface area contributed by atoms with Crippen LogP contribution in [0.4, 0.5) is 0 Å². The van der Waals surface area contributed by atoms with Crippen LogP contribution in [0.3, 0.4) is 0 Å². The quantitative estimate of drug-likeness (QED) is 0.312. The lowest BCUT2D eigenvalue weighted by molar-refractivity contribution is 0.0932. The molecule has 1 amide bonds. The standard InChI is InChI=1S/C28H23ClN4O2/c1-18(19-6-4-3-5-7-19)30-28(34)26-16-24(20-10-14-23(35-2)15-11-20)31-27-17-25(32-33(26)27)21-8-12-22(29)13-9-21/h3-18H,1-2H3,(H,30,34)/t18-/m0/s1. The van der Waals surface area contributed by atoms with Crippen molar-refractivity contribution >= 4 is 23.2 Å². The van der Waals surface area contributed by atoms with Crippen LogP contribution in [0, 0.1) is 0 Å². The second-order valence-electron chi connectivity index (χ2n) is 8.17. The molecule has 0 bridgehead atoms. The van der Waals surface area contributed by atoms with Gasteiger partial charge in [0.25, 0.3) is 5.91 Å². The van der Waals surface area contributed by atoms with Crippen molar-refractivity contribution in [2.75, 3.05) is 7.11 Å². The van der Waals surface area contributed by atoms with Crippen LogP contribution >= 0.6 is 11.6 Å². The van der Waals surface area contributed by atoms with E-state index < -0.39 is 0 Å². The molecule has 0 unspecified atom stereocenters. The first kappa shape index (κ1) is 22.6. The minimum Gasteiger partial charge on any atom is -0.497 e. The number of hydrogen-bond acceptors (Lipinski definition) is 4. The average Bonchev–Trinajstić information content (AvgIpc) is 3.33. The summed E-state index contributed by atoms with van der Waals surface area (Å²) in [5.41, 5.74) is 5.10. The minimum absolute atomic E-state index is 0.178. The molecule has 5 rings (SSSR count). The summed E-state index contributed by atoms with van der Waals surface area (Å²) in [6.45, 7) is 1.96. The Morgan fingerprint density at radius 3 is 2.26 bits per heavy atom. The Bertz CT molecular complexity index is 1480. The number of aromatic nitrogens is 3. The fourth-order valence-corrected chi connectivity index (χ4v) is 4.03. The molecule has 1 atom stereocenters. The maximum Gasteiger partial charge on any atom is 0.270 e. The van der Waals surface area contributed by atoms with Gasteiger partial charge in [0.2, 0.25) is 0 Å². The van der Waals surface area contributed by atoms with Crippen molar-refractivity contribution in [3.63, 3.8) is 0 Å². The third kappa shape index (κ3) is 4.74. The number of hydrogen-bond donors (Lipinski definition) is 1. The lowest BCUT2D eigenvalue weighted by atomic mass is 10.1. The highest BCUT2D eigenvalue weighted by Crippen LogP contribution is 2.26. The molecule has 0 aliphatic carbocycles. The molecule has 35 heavy (non-hydrogen) atoms. The van der Waals surface area contributed by atoms with Gasteiger partial charge in [-0.25, -0.2) is 9.50 Å². The fraction of sp³-hybridized carbons (Fsp3) is 0.107. The van der Waals surface area contributed by atoms with Crippen LogP contribution in [0.15, 0.2) is 91.0 Å². The van der Waals surface area contributed by atoms with Crippen molar-refractivity contribution in [3.05, 3.63) is 107 Å². The van der Waals surface area contributed by atoms with Gasteiger partial charge in [0, 0.05) is 22.2 Å². The van der Waals surface area contributed by atoms with Crippen LogP contribution in [0.2, 0.25) is 5.02 Å². The molecule has 5 aromatic rings. The van der Waals surface area contributed by atoms with Gasteiger partial charge in [0.1, 0.15) is 11.4 Å². The zero-order valence-corrected chi connectivity index (χ0v) is 20.0. The van der Waals surface area contributed by atoms with Crippen LogP contribution in [0.1, 0.15) is 29.0 Å². The Kier molecular flexibility index (Phi) is 6.21. The SMILES string of the molecule is COc1ccc(-c2cc(C(=O)N[C@@H](C)c3ccccc3)n3nc(-c4ccc(Cl)cc4)cc3n2)cc1. The Hall–Kier alpha value is -4.16. The topological polar surface area (TPSA) is 68.5 Å².